The van der Waals surface area contributed by atoms with E-state index in [0.29, 0.717) is 16.8 Å². The zero-order chi connectivity index (χ0) is 18.7. The number of hydrogen-bond acceptors (Lipinski definition) is 3. The Kier molecular flexibility index (Phi) is 5.92. The highest BCUT2D eigenvalue weighted by Gasteiger charge is 2.34. The van der Waals surface area contributed by atoms with Crippen LogP contribution in [0.3, 0.4) is 0 Å². The highest BCUT2D eigenvalue weighted by atomic mass is 79.9. The van der Waals surface area contributed by atoms with Crippen molar-refractivity contribution < 1.29 is 4.79 Å². The summed E-state index contributed by atoms with van der Waals surface area (Å²) < 4.78 is -0.908. The van der Waals surface area contributed by atoms with Crippen LogP contribution in [0.4, 0.5) is 5.69 Å². The first-order chi connectivity index (χ1) is 12.3. The fraction of sp³-hybridized carbons (Fsp3) is 0.111. The lowest BCUT2D eigenvalue weighted by atomic mass is 10.2. The van der Waals surface area contributed by atoms with Gasteiger partial charge in [0, 0.05) is 21.6 Å². The van der Waals surface area contributed by atoms with E-state index in [1.807, 2.05) is 30.3 Å². The number of carbonyl (C=O) groups is 1. The number of pyridine rings is 1. The van der Waals surface area contributed by atoms with E-state index >= 15 is 0 Å². The second-order valence-electron chi connectivity index (χ2n) is 5.48. The molecule has 2 aromatic carbocycles. The smallest absolute Gasteiger partial charge is 0.252 e. The summed E-state index contributed by atoms with van der Waals surface area (Å²) in [5.41, 5.74) is 1.81. The molecule has 2 N–H and O–H groups in total. The minimum absolute atomic E-state index is 0.366. The molecule has 0 aliphatic carbocycles. The number of fused-ring (bicyclic) bond motifs is 1. The maximum atomic E-state index is 12.5. The molecule has 4 nitrogen and oxygen atoms in total. The Bertz CT molecular complexity index is 924. The molecule has 8 heteroatoms. The van der Waals surface area contributed by atoms with E-state index in [0.717, 1.165) is 9.86 Å². The quantitative estimate of drug-likeness (QED) is 0.387. The molecule has 3 aromatic rings. The Labute approximate surface area is 174 Å². The van der Waals surface area contributed by atoms with Gasteiger partial charge in [0.15, 0.2) is 0 Å². The average Bonchev–Trinajstić information content (AvgIpc) is 2.61. The molecule has 1 amide bonds. The van der Waals surface area contributed by atoms with Crippen molar-refractivity contribution in [3.63, 3.8) is 0 Å². The summed E-state index contributed by atoms with van der Waals surface area (Å²) in [4.78, 5) is 16.9. The van der Waals surface area contributed by atoms with Gasteiger partial charge in [-0.05, 0) is 36.4 Å². The van der Waals surface area contributed by atoms with Gasteiger partial charge in [0.05, 0.1) is 11.2 Å². The van der Waals surface area contributed by atoms with Gasteiger partial charge in [-0.2, -0.15) is 0 Å². The standard InChI is InChI=1S/C18H13BrCl3N3O/c19-13-8-6-12(7-9-13)16(26)25-17(18(20,21)22)24-14-5-1-3-11-4-2-10-23-15(11)14/h1-10,17,24H,(H,25,26)/t17-/m0/s1. The largest absolute Gasteiger partial charge is 0.360 e. The van der Waals surface area contributed by atoms with Crippen molar-refractivity contribution in [2.75, 3.05) is 5.32 Å². The lowest BCUT2D eigenvalue weighted by Crippen LogP contribution is -2.49. The van der Waals surface area contributed by atoms with E-state index in [4.69, 9.17) is 34.8 Å². The molecule has 0 bridgehead atoms. The number of rotatable bonds is 4. The van der Waals surface area contributed by atoms with Crippen LogP contribution in [0.2, 0.25) is 0 Å². The number of amides is 1. The number of alkyl halides is 3. The van der Waals surface area contributed by atoms with Crippen LogP contribution in [0.1, 0.15) is 10.4 Å². The summed E-state index contributed by atoms with van der Waals surface area (Å²) in [7, 11) is 0. The van der Waals surface area contributed by atoms with Crippen LogP contribution >= 0.6 is 50.7 Å². The van der Waals surface area contributed by atoms with Crippen LogP contribution in [0.25, 0.3) is 10.9 Å². The molecular formula is C18H13BrCl3N3O. The van der Waals surface area contributed by atoms with Crippen molar-refractivity contribution in [1.82, 2.24) is 10.3 Å². The lowest BCUT2D eigenvalue weighted by molar-refractivity contribution is 0.0942. The fourth-order valence-electron chi connectivity index (χ4n) is 2.39. The molecule has 0 spiro atoms. The third-order valence-corrected chi connectivity index (χ3v) is 4.83. The highest BCUT2D eigenvalue weighted by molar-refractivity contribution is 9.10. The van der Waals surface area contributed by atoms with Gasteiger partial charge >= 0.3 is 0 Å². The number of nitrogens with zero attached hydrogens (tertiary/aromatic N) is 1. The van der Waals surface area contributed by atoms with Crippen LogP contribution in [0.5, 0.6) is 0 Å². The Balaban J connectivity index is 1.87. The molecule has 26 heavy (non-hydrogen) atoms. The number of aromatic nitrogens is 1. The molecule has 0 fully saturated rings. The van der Waals surface area contributed by atoms with E-state index in [9.17, 15) is 4.79 Å². The van der Waals surface area contributed by atoms with E-state index in [-0.39, 0.29) is 5.91 Å². The first-order valence-electron chi connectivity index (χ1n) is 7.58. The first kappa shape index (κ1) is 19.2. The Morgan fingerprint density at radius 1 is 1.04 bits per heavy atom. The van der Waals surface area contributed by atoms with Crippen molar-refractivity contribution in [1.29, 1.82) is 0 Å². The fourth-order valence-corrected chi connectivity index (χ4v) is 2.98. The van der Waals surface area contributed by atoms with Gasteiger partial charge < -0.3 is 10.6 Å². The molecular weight excluding hydrogens is 460 g/mol. The summed E-state index contributed by atoms with van der Waals surface area (Å²) in [5, 5.41) is 6.72. The molecule has 0 aliphatic rings. The van der Waals surface area contributed by atoms with E-state index < -0.39 is 9.96 Å². The summed E-state index contributed by atoms with van der Waals surface area (Å²) in [6.45, 7) is 0. The lowest BCUT2D eigenvalue weighted by Gasteiger charge is -2.27. The summed E-state index contributed by atoms with van der Waals surface area (Å²) >= 11 is 21.6. The topological polar surface area (TPSA) is 54.0 Å². The van der Waals surface area contributed by atoms with Crippen LogP contribution in [0, 0.1) is 0 Å². The number of nitrogens with one attached hydrogen (secondary N) is 2. The maximum absolute atomic E-state index is 12.5. The number of halogens is 4. The van der Waals surface area contributed by atoms with Gasteiger partial charge in [0.2, 0.25) is 3.79 Å². The summed E-state index contributed by atoms with van der Waals surface area (Å²) in [5.74, 6) is -0.366. The second-order valence-corrected chi connectivity index (χ2v) is 8.76. The van der Waals surface area contributed by atoms with E-state index in [1.54, 1.807) is 30.5 Å². The number of benzene rings is 2. The Hall–Kier alpha value is -1.53. The second kappa shape index (κ2) is 8.01. The molecule has 0 unspecified atom stereocenters. The SMILES string of the molecule is O=C(N[C@H](Nc1cccc2cccnc12)C(Cl)(Cl)Cl)c1ccc(Br)cc1. The minimum Gasteiger partial charge on any atom is -0.360 e. The van der Waals surface area contributed by atoms with Gasteiger partial charge in [-0.25, -0.2) is 0 Å². The molecule has 3 rings (SSSR count). The van der Waals surface area contributed by atoms with Crippen LogP contribution in [-0.2, 0) is 0 Å². The number of para-hydroxylation sites is 1. The summed E-state index contributed by atoms with van der Waals surface area (Å²) in [6.07, 6.45) is 0.717. The number of anilines is 1. The van der Waals surface area contributed by atoms with Gasteiger partial charge in [0.25, 0.3) is 5.91 Å². The van der Waals surface area contributed by atoms with Crippen molar-refractivity contribution in [2.24, 2.45) is 0 Å². The zero-order valence-corrected chi connectivity index (χ0v) is 17.1. The predicted octanol–water partition coefficient (Wildman–Crippen LogP) is 5.54. The molecule has 134 valence electrons. The molecule has 1 aromatic heterocycles. The molecule has 0 aliphatic heterocycles. The van der Waals surface area contributed by atoms with Crippen LogP contribution in [-0.4, -0.2) is 20.8 Å². The highest BCUT2D eigenvalue weighted by Crippen LogP contribution is 2.32. The number of hydrogen-bond donors (Lipinski definition) is 2. The maximum Gasteiger partial charge on any atom is 0.252 e. The van der Waals surface area contributed by atoms with Gasteiger partial charge in [-0.3, -0.25) is 9.78 Å². The minimum atomic E-state index is -1.78. The third kappa shape index (κ3) is 4.60. The Morgan fingerprint density at radius 3 is 2.42 bits per heavy atom. The van der Waals surface area contributed by atoms with Gasteiger partial charge in [0.1, 0.15) is 6.17 Å². The predicted molar refractivity (Wildman–Crippen MR) is 111 cm³/mol. The first-order valence-corrected chi connectivity index (χ1v) is 9.51. The van der Waals surface area contributed by atoms with Gasteiger partial charge in [-0.15, -0.1) is 0 Å². The van der Waals surface area contributed by atoms with E-state index in [1.165, 1.54) is 0 Å². The third-order valence-electron chi connectivity index (χ3n) is 3.64. The normalized spacial score (nSPS) is 12.6. The summed E-state index contributed by atoms with van der Waals surface area (Å²) in [6, 6.07) is 16.2. The van der Waals surface area contributed by atoms with Crippen molar-refractivity contribution in [3.05, 3.63) is 70.8 Å². The monoisotopic (exact) mass is 471 g/mol. The van der Waals surface area contributed by atoms with Crippen molar-refractivity contribution >= 4 is 73.2 Å². The average molecular weight is 474 g/mol. The number of carbonyl (C=O) groups excluding carboxylic acids is 1. The van der Waals surface area contributed by atoms with E-state index in [2.05, 4.69) is 31.5 Å². The Morgan fingerprint density at radius 2 is 1.73 bits per heavy atom. The molecule has 1 heterocycles. The van der Waals surface area contributed by atoms with Crippen molar-refractivity contribution in [3.8, 4) is 0 Å². The molecule has 0 radical (unpaired) electrons. The van der Waals surface area contributed by atoms with Crippen LogP contribution in [0.15, 0.2) is 65.3 Å². The van der Waals surface area contributed by atoms with Gasteiger partial charge in [-0.1, -0.05) is 68.9 Å². The zero-order valence-electron chi connectivity index (χ0n) is 13.2. The van der Waals surface area contributed by atoms with Crippen molar-refractivity contribution in [2.45, 2.75) is 9.96 Å². The molecule has 0 saturated heterocycles. The van der Waals surface area contributed by atoms with Crippen LogP contribution < -0.4 is 10.6 Å². The molecule has 0 saturated carbocycles. The molecule has 1 atom stereocenters.